The lowest BCUT2D eigenvalue weighted by molar-refractivity contribution is 0.101. The molecule has 0 saturated carbocycles. The second-order valence-electron chi connectivity index (χ2n) is 6.29. The molecule has 0 amide bonds. The average Bonchev–Trinajstić information content (AvgIpc) is 2.46. The summed E-state index contributed by atoms with van der Waals surface area (Å²) in [6.07, 6.45) is 6.79. The summed E-state index contributed by atoms with van der Waals surface area (Å²) < 4.78 is 32.9. The summed E-state index contributed by atoms with van der Waals surface area (Å²) >= 11 is 0. The molecular formula is C18H25NO3S. The van der Waals surface area contributed by atoms with Crippen LogP contribution >= 0.6 is 0 Å². The molecule has 2 rings (SSSR count). The highest BCUT2D eigenvalue weighted by molar-refractivity contribution is 7.89. The number of hydrogen-bond donors (Lipinski definition) is 0. The van der Waals surface area contributed by atoms with Crippen molar-refractivity contribution < 1.29 is 13.2 Å². The Morgan fingerprint density at radius 1 is 1.22 bits per heavy atom. The van der Waals surface area contributed by atoms with Crippen LogP contribution < -0.4 is 0 Å². The Bertz CT molecular complexity index is 672. The van der Waals surface area contributed by atoms with E-state index in [9.17, 15) is 8.42 Å². The molecule has 1 heterocycles. The Morgan fingerprint density at radius 3 is 2.30 bits per heavy atom. The predicted octanol–water partition coefficient (Wildman–Crippen LogP) is 2.66. The maximum atomic E-state index is 13.0. The molecule has 1 fully saturated rings. The van der Waals surface area contributed by atoms with E-state index in [0.29, 0.717) is 37.1 Å². The first-order chi connectivity index (χ1) is 10.9. The summed E-state index contributed by atoms with van der Waals surface area (Å²) in [5.74, 6) is 2.83. The van der Waals surface area contributed by atoms with Crippen LogP contribution in [0.2, 0.25) is 0 Å². The highest BCUT2D eigenvalue weighted by Crippen LogP contribution is 2.28. The highest BCUT2D eigenvalue weighted by atomic mass is 32.2. The topological polar surface area (TPSA) is 46.6 Å². The van der Waals surface area contributed by atoms with Gasteiger partial charge in [0, 0.05) is 13.1 Å². The van der Waals surface area contributed by atoms with Gasteiger partial charge in [-0.1, -0.05) is 23.6 Å². The second-order valence-corrected chi connectivity index (χ2v) is 8.17. The molecule has 0 aromatic heterocycles. The molecule has 0 N–H and O–H groups in total. The second kappa shape index (κ2) is 7.48. The van der Waals surface area contributed by atoms with E-state index < -0.39 is 10.0 Å². The molecule has 4 nitrogen and oxygen atoms in total. The molecule has 1 aliphatic heterocycles. The van der Waals surface area contributed by atoms with Crippen molar-refractivity contribution in [2.45, 2.75) is 38.5 Å². The first kappa shape index (κ1) is 18.0. The molecule has 0 unspecified atom stereocenters. The Hall–Kier alpha value is -1.35. The van der Waals surface area contributed by atoms with Gasteiger partial charge < -0.3 is 4.74 Å². The summed E-state index contributed by atoms with van der Waals surface area (Å²) in [6.45, 7) is 7.73. The highest BCUT2D eigenvalue weighted by Gasteiger charge is 2.31. The van der Waals surface area contributed by atoms with Crippen molar-refractivity contribution in [1.82, 2.24) is 4.31 Å². The lowest BCUT2D eigenvalue weighted by Gasteiger charge is -2.31. The third-order valence-corrected chi connectivity index (χ3v) is 6.52. The predicted molar refractivity (Wildman–Crippen MR) is 91.8 cm³/mol. The van der Waals surface area contributed by atoms with E-state index in [1.807, 2.05) is 32.9 Å². The van der Waals surface area contributed by atoms with E-state index in [-0.39, 0.29) is 0 Å². The Labute approximate surface area is 139 Å². The molecule has 1 saturated heterocycles. The summed E-state index contributed by atoms with van der Waals surface area (Å²) in [7, 11) is -3.43. The van der Waals surface area contributed by atoms with Crippen molar-refractivity contribution in [3.63, 3.8) is 0 Å². The SMILES string of the molecule is C#CCOCC1CCN(S(=O)(=O)c2c(C)cc(C)cc2C)CC1. The van der Waals surface area contributed by atoms with Crippen molar-refractivity contribution in [3.05, 3.63) is 28.8 Å². The van der Waals surface area contributed by atoms with Crippen LogP contribution in [-0.2, 0) is 14.8 Å². The Kier molecular flexibility index (Phi) is 5.85. The van der Waals surface area contributed by atoms with Crippen LogP contribution in [0, 0.1) is 39.0 Å². The average molecular weight is 335 g/mol. The van der Waals surface area contributed by atoms with Crippen molar-refractivity contribution in [2.24, 2.45) is 5.92 Å². The van der Waals surface area contributed by atoms with Gasteiger partial charge in [0.2, 0.25) is 10.0 Å². The zero-order valence-electron chi connectivity index (χ0n) is 14.1. The number of ether oxygens (including phenoxy) is 1. The summed E-state index contributed by atoms with van der Waals surface area (Å²) in [4.78, 5) is 0.463. The fourth-order valence-electron chi connectivity index (χ4n) is 3.30. The van der Waals surface area contributed by atoms with E-state index in [4.69, 9.17) is 11.2 Å². The minimum atomic E-state index is -3.43. The molecule has 0 atom stereocenters. The van der Waals surface area contributed by atoms with E-state index in [1.165, 1.54) is 0 Å². The van der Waals surface area contributed by atoms with Gasteiger partial charge in [-0.05, 0) is 50.7 Å². The molecule has 0 bridgehead atoms. The van der Waals surface area contributed by atoms with Gasteiger partial charge in [0.15, 0.2) is 0 Å². The number of rotatable bonds is 5. The van der Waals surface area contributed by atoms with Gasteiger partial charge in [0.25, 0.3) is 0 Å². The zero-order chi connectivity index (χ0) is 17.0. The smallest absolute Gasteiger partial charge is 0.243 e. The van der Waals surface area contributed by atoms with Gasteiger partial charge in [-0.3, -0.25) is 0 Å². The zero-order valence-corrected chi connectivity index (χ0v) is 14.9. The van der Waals surface area contributed by atoms with Crippen LogP contribution in [0.3, 0.4) is 0 Å². The number of piperidine rings is 1. The molecular weight excluding hydrogens is 310 g/mol. The fourth-order valence-corrected chi connectivity index (χ4v) is 5.18. The third kappa shape index (κ3) is 4.14. The number of nitrogens with zero attached hydrogens (tertiary/aromatic N) is 1. The van der Waals surface area contributed by atoms with Gasteiger partial charge in [-0.2, -0.15) is 4.31 Å². The molecule has 126 valence electrons. The lowest BCUT2D eigenvalue weighted by atomic mass is 9.99. The van der Waals surface area contributed by atoms with Gasteiger partial charge in [-0.25, -0.2) is 8.42 Å². The van der Waals surface area contributed by atoms with Crippen LogP contribution in [0.25, 0.3) is 0 Å². The third-order valence-electron chi connectivity index (χ3n) is 4.31. The van der Waals surface area contributed by atoms with Crippen LogP contribution in [0.15, 0.2) is 17.0 Å². The summed E-state index contributed by atoms with van der Waals surface area (Å²) in [5, 5.41) is 0. The standard InChI is InChI=1S/C18H25NO3S/c1-5-10-22-13-17-6-8-19(9-7-17)23(20,21)18-15(3)11-14(2)12-16(18)4/h1,11-12,17H,6-10,13H2,2-4H3. The molecule has 23 heavy (non-hydrogen) atoms. The number of aryl methyl sites for hydroxylation is 3. The first-order valence-corrected chi connectivity index (χ1v) is 9.39. The Balaban J connectivity index is 2.10. The maximum Gasteiger partial charge on any atom is 0.243 e. The van der Waals surface area contributed by atoms with E-state index in [1.54, 1.807) is 4.31 Å². The largest absolute Gasteiger partial charge is 0.369 e. The van der Waals surface area contributed by atoms with Gasteiger partial charge >= 0.3 is 0 Å². The molecule has 0 aliphatic carbocycles. The molecule has 1 aliphatic rings. The number of terminal acetylenes is 1. The molecule has 0 spiro atoms. The van der Waals surface area contributed by atoms with Crippen LogP contribution in [0.4, 0.5) is 0 Å². The van der Waals surface area contributed by atoms with Crippen molar-refractivity contribution in [1.29, 1.82) is 0 Å². The minimum absolute atomic E-state index is 0.320. The first-order valence-electron chi connectivity index (χ1n) is 7.95. The lowest BCUT2D eigenvalue weighted by Crippen LogP contribution is -2.39. The van der Waals surface area contributed by atoms with E-state index >= 15 is 0 Å². The van der Waals surface area contributed by atoms with Crippen LogP contribution in [-0.4, -0.2) is 39.0 Å². The van der Waals surface area contributed by atoms with Gasteiger partial charge in [0.05, 0.1) is 11.5 Å². The summed E-state index contributed by atoms with van der Waals surface area (Å²) in [6, 6.07) is 3.86. The van der Waals surface area contributed by atoms with Crippen molar-refractivity contribution in [3.8, 4) is 12.3 Å². The van der Waals surface area contributed by atoms with Crippen molar-refractivity contribution in [2.75, 3.05) is 26.3 Å². The number of sulfonamides is 1. The van der Waals surface area contributed by atoms with Crippen molar-refractivity contribution >= 4 is 10.0 Å². The number of benzene rings is 1. The fraction of sp³-hybridized carbons (Fsp3) is 0.556. The normalized spacial score (nSPS) is 17.1. The monoisotopic (exact) mass is 335 g/mol. The van der Waals surface area contributed by atoms with E-state index in [0.717, 1.165) is 29.5 Å². The summed E-state index contributed by atoms with van der Waals surface area (Å²) in [5.41, 5.74) is 2.73. The minimum Gasteiger partial charge on any atom is -0.369 e. The van der Waals surface area contributed by atoms with Gasteiger partial charge in [-0.15, -0.1) is 6.42 Å². The molecule has 1 aromatic carbocycles. The van der Waals surface area contributed by atoms with Gasteiger partial charge in [0.1, 0.15) is 6.61 Å². The van der Waals surface area contributed by atoms with Crippen LogP contribution in [0.1, 0.15) is 29.5 Å². The molecule has 5 heteroatoms. The molecule has 1 aromatic rings. The Morgan fingerprint density at radius 2 is 1.78 bits per heavy atom. The maximum absolute atomic E-state index is 13.0. The van der Waals surface area contributed by atoms with Crippen LogP contribution in [0.5, 0.6) is 0 Å². The number of hydrogen-bond acceptors (Lipinski definition) is 3. The van der Waals surface area contributed by atoms with E-state index in [2.05, 4.69) is 5.92 Å². The quantitative estimate of drug-likeness (QED) is 0.614. The molecule has 0 radical (unpaired) electrons.